The molecule has 0 aromatic rings. The van der Waals surface area contributed by atoms with E-state index in [2.05, 4.69) is 0 Å². The minimum absolute atomic E-state index is 0.473. The van der Waals surface area contributed by atoms with Crippen molar-refractivity contribution in [3.8, 4) is 0 Å². The summed E-state index contributed by atoms with van der Waals surface area (Å²) in [6.45, 7) is 0.473. The van der Waals surface area contributed by atoms with E-state index in [4.69, 9.17) is 10.2 Å². The molecule has 0 aliphatic rings. The molecule has 2 N–H and O–H groups in total. The molecule has 0 bridgehead atoms. The first kappa shape index (κ1) is 9.29. The number of carboxylic acid groups (broad SMARTS) is 1. The van der Waals surface area contributed by atoms with Crippen LogP contribution in [0.1, 0.15) is 13.3 Å². The summed E-state index contributed by atoms with van der Waals surface area (Å²) < 4.78 is 23.9. The van der Waals surface area contributed by atoms with Crippen molar-refractivity contribution in [1.82, 2.24) is 0 Å². The third-order valence-electron chi connectivity index (χ3n) is 0.953. The number of rotatable bonds is 3. The molecule has 0 aliphatic carbocycles. The van der Waals surface area contributed by atoms with Gasteiger partial charge in [0, 0.05) is 6.92 Å². The van der Waals surface area contributed by atoms with Crippen LogP contribution in [0.25, 0.3) is 0 Å². The molecule has 5 heteroatoms. The van der Waals surface area contributed by atoms with Gasteiger partial charge in [0.15, 0.2) is 0 Å². The summed E-state index contributed by atoms with van der Waals surface area (Å²) in [6, 6.07) is 0. The standard InChI is InChI=1S/C5H8F2O3/c1-5(6,7)3(8)2-4(9)10/h3,8H,2H2,1H3,(H,9,10)/t3-/m0/s1. The molecule has 1 atom stereocenters. The van der Waals surface area contributed by atoms with Crippen LogP contribution >= 0.6 is 0 Å². The molecular weight excluding hydrogens is 146 g/mol. The van der Waals surface area contributed by atoms with E-state index in [1.165, 1.54) is 0 Å². The number of aliphatic carboxylic acids is 1. The molecule has 0 amide bonds. The average Bonchev–Trinajstić information content (AvgIpc) is 1.60. The van der Waals surface area contributed by atoms with Crippen molar-refractivity contribution in [3.63, 3.8) is 0 Å². The molecule has 0 saturated carbocycles. The number of carboxylic acids is 1. The monoisotopic (exact) mass is 154 g/mol. The maximum absolute atomic E-state index is 12.0. The lowest BCUT2D eigenvalue weighted by Gasteiger charge is -2.15. The highest BCUT2D eigenvalue weighted by molar-refractivity contribution is 5.67. The van der Waals surface area contributed by atoms with Crippen LogP contribution in [-0.2, 0) is 4.79 Å². The molecule has 0 aromatic carbocycles. The van der Waals surface area contributed by atoms with Gasteiger partial charge in [-0.3, -0.25) is 4.79 Å². The largest absolute Gasteiger partial charge is 0.481 e. The first-order chi connectivity index (χ1) is 4.34. The Labute approximate surface area is 56.3 Å². The van der Waals surface area contributed by atoms with Gasteiger partial charge in [-0.1, -0.05) is 0 Å². The average molecular weight is 154 g/mol. The first-order valence-corrected chi connectivity index (χ1v) is 2.61. The van der Waals surface area contributed by atoms with Gasteiger partial charge in [0.2, 0.25) is 0 Å². The third kappa shape index (κ3) is 3.34. The van der Waals surface area contributed by atoms with Crippen molar-refractivity contribution in [1.29, 1.82) is 0 Å². The number of halogens is 2. The second kappa shape index (κ2) is 2.92. The number of hydrogen-bond acceptors (Lipinski definition) is 2. The molecule has 0 heterocycles. The van der Waals surface area contributed by atoms with E-state index >= 15 is 0 Å². The minimum atomic E-state index is -3.33. The van der Waals surface area contributed by atoms with Crippen molar-refractivity contribution in [3.05, 3.63) is 0 Å². The van der Waals surface area contributed by atoms with Crippen LogP contribution in [-0.4, -0.2) is 28.2 Å². The van der Waals surface area contributed by atoms with Gasteiger partial charge in [0.1, 0.15) is 6.10 Å². The van der Waals surface area contributed by atoms with Gasteiger partial charge in [-0.15, -0.1) is 0 Å². The summed E-state index contributed by atoms with van der Waals surface area (Å²) >= 11 is 0. The van der Waals surface area contributed by atoms with Gasteiger partial charge in [0.25, 0.3) is 5.92 Å². The number of carbonyl (C=O) groups is 1. The summed E-state index contributed by atoms with van der Waals surface area (Å²) in [5.41, 5.74) is 0. The molecule has 3 nitrogen and oxygen atoms in total. The molecule has 0 unspecified atom stereocenters. The molecule has 0 aliphatic heterocycles. The van der Waals surface area contributed by atoms with Crippen molar-refractivity contribution in [2.45, 2.75) is 25.4 Å². The van der Waals surface area contributed by atoms with Gasteiger partial charge in [-0.05, 0) is 0 Å². The van der Waals surface area contributed by atoms with Crippen LogP contribution in [0.5, 0.6) is 0 Å². The van der Waals surface area contributed by atoms with E-state index in [1.807, 2.05) is 0 Å². The lowest BCUT2D eigenvalue weighted by atomic mass is 10.1. The Balaban J connectivity index is 3.85. The molecule has 60 valence electrons. The zero-order valence-electron chi connectivity index (χ0n) is 5.34. The van der Waals surface area contributed by atoms with E-state index in [0.29, 0.717) is 6.92 Å². The normalized spacial score (nSPS) is 14.8. The van der Waals surface area contributed by atoms with Gasteiger partial charge in [0.05, 0.1) is 6.42 Å². The van der Waals surface area contributed by atoms with Crippen LogP contribution in [0.15, 0.2) is 0 Å². The summed E-state index contributed by atoms with van der Waals surface area (Å²) in [6.07, 6.45) is -3.02. The van der Waals surface area contributed by atoms with Crippen LogP contribution in [0.4, 0.5) is 8.78 Å². The Morgan fingerprint density at radius 1 is 1.70 bits per heavy atom. The summed E-state index contributed by atoms with van der Waals surface area (Å²) in [7, 11) is 0. The van der Waals surface area contributed by atoms with Crippen molar-refractivity contribution < 1.29 is 23.8 Å². The molecule has 0 saturated heterocycles. The Hall–Kier alpha value is -0.710. The zero-order chi connectivity index (χ0) is 8.36. The van der Waals surface area contributed by atoms with Crippen LogP contribution in [0.2, 0.25) is 0 Å². The van der Waals surface area contributed by atoms with E-state index < -0.39 is 24.4 Å². The second-order valence-electron chi connectivity index (χ2n) is 2.07. The molecule has 0 fully saturated rings. The maximum Gasteiger partial charge on any atom is 0.306 e. The third-order valence-corrected chi connectivity index (χ3v) is 0.953. The highest BCUT2D eigenvalue weighted by Gasteiger charge is 2.33. The SMILES string of the molecule is CC(F)(F)[C@@H](O)CC(=O)O. The Kier molecular flexibility index (Phi) is 2.71. The molecular formula is C5H8F2O3. The molecule has 0 rings (SSSR count). The maximum atomic E-state index is 12.0. The summed E-state index contributed by atoms with van der Waals surface area (Å²) in [4.78, 5) is 9.76. The molecule has 0 radical (unpaired) electrons. The fourth-order valence-electron chi connectivity index (χ4n) is 0.345. The molecule has 0 aromatic heterocycles. The lowest BCUT2D eigenvalue weighted by Crippen LogP contribution is -2.31. The van der Waals surface area contributed by atoms with Gasteiger partial charge < -0.3 is 10.2 Å². The van der Waals surface area contributed by atoms with Crippen molar-refractivity contribution in [2.24, 2.45) is 0 Å². The highest BCUT2D eigenvalue weighted by atomic mass is 19.3. The Bertz CT molecular complexity index is 129. The van der Waals surface area contributed by atoms with Crippen LogP contribution < -0.4 is 0 Å². The van der Waals surface area contributed by atoms with Crippen molar-refractivity contribution >= 4 is 5.97 Å². The first-order valence-electron chi connectivity index (χ1n) is 2.61. The number of alkyl halides is 2. The van der Waals surface area contributed by atoms with Gasteiger partial charge in [-0.25, -0.2) is 8.78 Å². The smallest absolute Gasteiger partial charge is 0.306 e. The van der Waals surface area contributed by atoms with E-state index in [1.54, 1.807) is 0 Å². The van der Waals surface area contributed by atoms with Crippen LogP contribution in [0.3, 0.4) is 0 Å². The summed E-state index contributed by atoms with van der Waals surface area (Å²) in [5.74, 6) is -4.77. The number of hydrogen-bond donors (Lipinski definition) is 2. The predicted octanol–water partition coefficient (Wildman–Crippen LogP) is 0.477. The Morgan fingerprint density at radius 2 is 2.10 bits per heavy atom. The Morgan fingerprint density at radius 3 is 2.20 bits per heavy atom. The fourth-order valence-corrected chi connectivity index (χ4v) is 0.345. The molecule has 0 spiro atoms. The number of aliphatic hydroxyl groups excluding tert-OH is 1. The van der Waals surface area contributed by atoms with Crippen LogP contribution in [0, 0.1) is 0 Å². The highest BCUT2D eigenvalue weighted by Crippen LogP contribution is 2.19. The summed E-state index contributed by atoms with van der Waals surface area (Å²) in [5, 5.41) is 16.4. The quantitative estimate of drug-likeness (QED) is 0.621. The minimum Gasteiger partial charge on any atom is -0.481 e. The second-order valence-corrected chi connectivity index (χ2v) is 2.07. The lowest BCUT2D eigenvalue weighted by molar-refractivity contribution is -0.148. The molecule has 10 heavy (non-hydrogen) atoms. The van der Waals surface area contributed by atoms with Crippen molar-refractivity contribution in [2.75, 3.05) is 0 Å². The fraction of sp³-hybridized carbons (Fsp3) is 0.800. The van der Waals surface area contributed by atoms with E-state index in [0.717, 1.165) is 0 Å². The zero-order valence-corrected chi connectivity index (χ0v) is 5.34. The topological polar surface area (TPSA) is 57.5 Å². The van der Waals surface area contributed by atoms with E-state index in [-0.39, 0.29) is 0 Å². The van der Waals surface area contributed by atoms with Gasteiger partial charge >= 0.3 is 5.97 Å². The van der Waals surface area contributed by atoms with E-state index in [9.17, 15) is 13.6 Å². The van der Waals surface area contributed by atoms with Gasteiger partial charge in [-0.2, -0.15) is 0 Å². The number of aliphatic hydroxyl groups is 1. The predicted molar refractivity (Wildman–Crippen MR) is 28.9 cm³/mol.